The van der Waals surface area contributed by atoms with Crippen LogP contribution in [0.25, 0.3) is 11.4 Å². The normalized spacial score (nSPS) is 19.0. The van der Waals surface area contributed by atoms with E-state index in [-0.39, 0.29) is 0 Å². The second kappa shape index (κ2) is 8.53. The molecule has 3 N–H and O–H groups in total. The van der Waals surface area contributed by atoms with Gasteiger partial charge in [-0.2, -0.15) is 4.98 Å². The first-order chi connectivity index (χ1) is 14.1. The predicted octanol–water partition coefficient (Wildman–Crippen LogP) is 3.69. The highest BCUT2D eigenvalue weighted by molar-refractivity contribution is 5.61. The first-order valence-corrected chi connectivity index (χ1v) is 10.1. The van der Waals surface area contributed by atoms with Gasteiger partial charge < -0.3 is 16.0 Å². The molecule has 0 aliphatic heterocycles. The Morgan fingerprint density at radius 1 is 0.966 bits per heavy atom. The van der Waals surface area contributed by atoms with E-state index >= 15 is 0 Å². The minimum absolute atomic E-state index is 0.324. The lowest BCUT2D eigenvalue weighted by atomic mass is 9.92. The van der Waals surface area contributed by atoms with Gasteiger partial charge in [-0.1, -0.05) is 30.3 Å². The van der Waals surface area contributed by atoms with Crippen molar-refractivity contribution in [2.75, 3.05) is 17.3 Å². The Kier molecular flexibility index (Phi) is 5.67. The summed E-state index contributed by atoms with van der Waals surface area (Å²) in [7, 11) is 1.96. The number of nitrogens with two attached hydrogens (primary N) is 1. The van der Waals surface area contributed by atoms with Crippen molar-refractivity contribution in [3.8, 4) is 11.4 Å². The fourth-order valence-corrected chi connectivity index (χ4v) is 3.61. The third-order valence-electron chi connectivity index (χ3n) is 5.31. The second-order valence-electron chi connectivity index (χ2n) is 7.61. The van der Waals surface area contributed by atoms with Crippen molar-refractivity contribution in [3.05, 3.63) is 54.4 Å². The van der Waals surface area contributed by atoms with Gasteiger partial charge >= 0.3 is 0 Å². The molecule has 0 radical (unpaired) electrons. The molecular weight excluding hydrogens is 362 g/mol. The molecule has 2 aromatic heterocycles. The Hall–Kier alpha value is -3.06. The summed E-state index contributed by atoms with van der Waals surface area (Å²) in [6.07, 6.45) is 5.96. The summed E-state index contributed by atoms with van der Waals surface area (Å²) >= 11 is 0. The van der Waals surface area contributed by atoms with Crippen LogP contribution in [-0.2, 0) is 0 Å². The molecule has 2 heterocycles. The highest BCUT2D eigenvalue weighted by Crippen LogP contribution is 2.25. The van der Waals surface area contributed by atoms with Gasteiger partial charge in [-0.3, -0.25) is 0 Å². The second-order valence-corrected chi connectivity index (χ2v) is 7.61. The van der Waals surface area contributed by atoms with Crippen LogP contribution in [0.5, 0.6) is 0 Å². The highest BCUT2D eigenvalue weighted by Gasteiger charge is 2.20. The Labute approximate surface area is 171 Å². The zero-order valence-corrected chi connectivity index (χ0v) is 16.9. The summed E-state index contributed by atoms with van der Waals surface area (Å²) in [5.74, 6) is 2.93. The number of nitrogens with zero attached hydrogens (tertiary/aromatic N) is 5. The highest BCUT2D eigenvalue weighted by atomic mass is 15.3. The molecule has 0 bridgehead atoms. The molecule has 0 spiro atoms. The first-order valence-electron chi connectivity index (χ1n) is 10.1. The molecule has 0 unspecified atom stereocenters. The monoisotopic (exact) mass is 389 g/mol. The van der Waals surface area contributed by atoms with Gasteiger partial charge in [0, 0.05) is 42.7 Å². The summed E-state index contributed by atoms with van der Waals surface area (Å²) < 4.78 is 0. The van der Waals surface area contributed by atoms with Crippen LogP contribution in [0.2, 0.25) is 0 Å². The van der Waals surface area contributed by atoms with Crippen molar-refractivity contribution in [3.63, 3.8) is 0 Å². The van der Waals surface area contributed by atoms with Gasteiger partial charge in [-0.25, -0.2) is 15.0 Å². The maximum absolute atomic E-state index is 6.02. The topological polar surface area (TPSA) is 92.9 Å². The molecule has 1 fully saturated rings. The molecule has 1 aliphatic rings. The smallest absolute Gasteiger partial charge is 0.225 e. The summed E-state index contributed by atoms with van der Waals surface area (Å²) in [5.41, 5.74) is 7.92. The molecule has 1 aliphatic carbocycles. The van der Waals surface area contributed by atoms with Crippen LogP contribution in [0.3, 0.4) is 0 Å². The molecule has 29 heavy (non-hydrogen) atoms. The molecule has 4 rings (SSSR count). The van der Waals surface area contributed by atoms with Crippen LogP contribution < -0.4 is 16.0 Å². The van der Waals surface area contributed by atoms with Gasteiger partial charge in [-0.15, -0.1) is 0 Å². The van der Waals surface area contributed by atoms with Gasteiger partial charge in [0.2, 0.25) is 5.95 Å². The van der Waals surface area contributed by atoms with Gasteiger partial charge in [0.25, 0.3) is 0 Å². The Morgan fingerprint density at radius 3 is 2.48 bits per heavy atom. The van der Waals surface area contributed by atoms with Gasteiger partial charge in [-0.05, 0) is 38.7 Å². The van der Waals surface area contributed by atoms with Crippen molar-refractivity contribution < 1.29 is 0 Å². The lowest BCUT2D eigenvalue weighted by Crippen LogP contribution is -2.33. The number of hydrogen-bond donors (Lipinski definition) is 2. The number of aromatic nitrogens is 4. The number of benzene rings is 1. The van der Waals surface area contributed by atoms with Crippen LogP contribution >= 0.6 is 0 Å². The minimum atomic E-state index is 0.324. The summed E-state index contributed by atoms with van der Waals surface area (Å²) in [6, 6.07) is 14.5. The van der Waals surface area contributed by atoms with Crippen LogP contribution in [0.15, 0.2) is 48.7 Å². The van der Waals surface area contributed by atoms with E-state index in [0.29, 0.717) is 23.9 Å². The van der Waals surface area contributed by atoms with Gasteiger partial charge in [0.15, 0.2) is 5.82 Å². The first kappa shape index (κ1) is 19.3. The number of hydrogen-bond acceptors (Lipinski definition) is 7. The number of rotatable bonds is 5. The maximum atomic E-state index is 6.02. The van der Waals surface area contributed by atoms with E-state index in [2.05, 4.69) is 15.3 Å². The molecule has 0 amide bonds. The van der Waals surface area contributed by atoms with Crippen molar-refractivity contribution in [1.82, 2.24) is 19.9 Å². The molecule has 7 heteroatoms. The zero-order chi connectivity index (χ0) is 20.2. The minimum Gasteiger partial charge on any atom is -0.351 e. The largest absolute Gasteiger partial charge is 0.351 e. The fourth-order valence-electron chi connectivity index (χ4n) is 3.61. The molecule has 1 saturated carbocycles. The summed E-state index contributed by atoms with van der Waals surface area (Å²) in [5, 5.41) is 3.49. The van der Waals surface area contributed by atoms with Gasteiger partial charge in [0.05, 0.1) is 0 Å². The van der Waals surface area contributed by atoms with E-state index in [4.69, 9.17) is 15.7 Å². The average molecular weight is 390 g/mol. The molecule has 7 nitrogen and oxygen atoms in total. The lowest BCUT2D eigenvalue weighted by molar-refractivity contribution is 0.410. The molecule has 0 atom stereocenters. The van der Waals surface area contributed by atoms with Crippen LogP contribution in [0, 0.1) is 6.92 Å². The average Bonchev–Trinajstić information content (AvgIpc) is 2.75. The van der Waals surface area contributed by atoms with Crippen molar-refractivity contribution in [1.29, 1.82) is 0 Å². The van der Waals surface area contributed by atoms with Crippen LogP contribution in [0.4, 0.5) is 17.6 Å². The number of anilines is 3. The molecule has 1 aromatic carbocycles. The Morgan fingerprint density at radius 2 is 1.72 bits per heavy atom. The predicted molar refractivity (Wildman–Crippen MR) is 116 cm³/mol. The quantitative estimate of drug-likeness (QED) is 0.687. The van der Waals surface area contributed by atoms with E-state index in [1.165, 1.54) is 0 Å². The molecule has 0 saturated heterocycles. The van der Waals surface area contributed by atoms with E-state index in [0.717, 1.165) is 48.6 Å². The van der Waals surface area contributed by atoms with E-state index < -0.39 is 0 Å². The Balaban J connectivity index is 1.56. The van der Waals surface area contributed by atoms with Crippen molar-refractivity contribution in [2.24, 2.45) is 5.73 Å². The molecule has 150 valence electrons. The van der Waals surface area contributed by atoms with Gasteiger partial charge in [0.1, 0.15) is 11.6 Å². The number of nitrogens with one attached hydrogen (secondary N) is 1. The standard InChI is InChI=1S/C22H27N7/c1-15-14-20(28-22(25-15)26-18-10-8-17(23)9-11-18)29(2)19-12-13-24-21(27-19)16-6-4-3-5-7-16/h3-7,12-14,17-18H,8-11,23H2,1-2H3,(H,25,26,28)/t17-,18-. The summed E-state index contributed by atoms with van der Waals surface area (Å²) in [4.78, 5) is 20.4. The van der Waals surface area contributed by atoms with E-state index in [1.54, 1.807) is 6.20 Å². The van der Waals surface area contributed by atoms with Crippen LogP contribution in [0.1, 0.15) is 31.4 Å². The van der Waals surface area contributed by atoms with E-state index in [1.807, 2.05) is 61.3 Å². The summed E-state index contributed by atoms with van der Waals surface area (Å²) in [6.45, 7) is 1.98. The molecule has 3 aromatic rings. The maximum Gasteiger partial charge on any atom is 0.225 e. The van der Waals surface area contributed by atoms with Crippen molar-refractivity contribution in [2.45, 2.75) is 44.7 Å². The molecular formula is C22H27N7. The lowest BCUT2D eigenvalue weighted by Gasteiger charge is -2.27. The third-order valence-corrected chi connectivity index (χ3v) is 5.31. The van der Waals surface area contributed by atoms with Crippen LogP contribution in [-0.4, -0.2) is 39.1 Å². The fraction of sp³-hybridized carbons (Fsp3) is 0.364. The number of aryl methyl sites for hydroxylation is 1. The van der Waals surface area contributed by atoms with Crippen molar-refractivity contribution >= 4 is 17.6 Å². The Bertz CT molecular complexity index is 952. The van der Waals surface area contributed by atoms with E-state index in [9.17, 15) is 0 Å². The zero-order valence-electron chi connectivity index (χ0n) is 16.9. The third kappa shape index (κ3) is 4.68. The SMILES string of the molecule is Cc1cc(N(C)c2ccnc(-c3ccccc3)n2)nc(N[C@H]2CC[C@H](N)CC2)n1.